The van der Waals surface area contributed by atoms with Gasteiger partial charge in [-0.1, -0.05) is 11.3 Å². The minimum absolute atomic E-state index is 0.567. The molecule has 0 aromatic carbocycles. The van der Waals surface area contributed by atoms with Crippen LogP contribution in [0.3, 0.4) is 0 Å². The third-order valence-corrected chi connectivity index (χ3v) is 3.09. The molecule has 4 nitrogen and oxygen atoms in total. The molecule has 2 rings (SSSR count). The van der Waals surface area contributed by atoms with E-state index in [1.54, 1.807) is 0 Å². The fraction of sp³-hybridized carbons (Fsp3) is 0.750. The molecule has 5 heteroatoms. The van der Waals surface area contributed by atoms with E-state index >= 15 is 0 Å². The van der Waals surface area contributed by atoms with Gasteiger partial charge in [0.2, 0.25) is 5.13 Å². The summed E-state index contributed by atoms with van der Waals surface area (Å²) in [7, 11) is 0. The highest BCUT2D eigenvalue weighted by Crippen LogP contribution is 2.20. The van der Waals surface area contributed by atoms with Gasteiger partial charge in [0.05, 0.1) is 0 Å². The number of nitrogens with zero attached hydrogens (tertiary/aromatic N) is 2. The molecule has 1 fully saturated rings. The van der Waals surface area contributed by atoms with Crippen LogP contribution in [0.4, 0.5) is 5.13 Å². The zero-order valence-electron chi connectivity index (χ0n) is 7.40. The molecule has 1 atom stereocenters. The Labute approximate surface area is 81.1 Å². The Morgan fingerprint density at radius 1 is 1.54 bits per heavy atom. The van der Waals surface area contributed by atoms with E-state index in [1.165, 1.54) is 17.8 Å². The fourth-order valence-electron chi connectivity index (χ4n) is 1.51. The van der Waals surface area contributed by atoms with Gasteiger partial charge < -0.3 is 10.5 Å². The summed E-state index contributed by atoms with van der Waals surface area (Å²) in [4.78, 5) is 0. The van der Waals surface area contributed by atoms with Crippen molar-refractivity contribution >= 4 is 16.5 Å². The number of nitrogen functional groups attached to an aromatic ring is 1. The SMILES string of the molecule is Nc1nnc(CCC2CCOC2)s1. The molecule has 0 saturated carbocycles. The highest BCUT2D eigenvalue weighted by atomic mass is 32.1. The van der Waals surface area contributed by atoms with Gasteiger partial charge in [-0.25, -0.2) is 0 Å². The molecule has 2 N–H and O–H groups in total. The summed E-state index contributed by atoms with van der Waals surface area (Å²) >= 11 is 1.49. The number of anilines is 1. The maximum Gasteiger partial charge on any atom is 0.203 e. The van der Waals surface area contributed by atoms with Gasteiger partial charge in [0.1, 0.15) is 5.01 Å². The third-order valence-electron chi connectivity index (χ3n) is 2.27. The Morgan fingerprint density at radius 2 is 2.46 bits per heavy atom. The quantitative estimate of drug-likeness (QED) is 0.791. The zero-order valence-corrected chi connectivity index (χ0v) is 8.22. The van der Waals surface area contributed by atoms with E-state index in [1.807, 2.05) is 0 Å². The van der Waals surface area contributed by atoms with E-state index in [-0.39, 0.29) is 0 Å². The first-order valence-electron chi connectivity index (χ1n) is 4.50. The van der Waals surface area contributed by atoms with Crippen molar-refractivity contribution < 1.29 is 4.74 Å². The number of ether oxygens (including phenoxy) is 1. The minimum Gasteiger partial charge on any atom is -0.381 e. The monoisotopic (exact) mass is 199 g/mol. The summed E-state index contributed by atoms with van der Waals surface area (Å²) in [6, 6.07) is 0. The van der Waals surface area contributed by atoms with Crippen molar-refractivity contribution in [3.8, 4) is 0 Å². The summed E-state index contributed by atoms with van der Waals surface area (Å²) in [6.45, 7) is 1.83. The van der Waals surface area contributed by atoms with Crippen molar-refractivity contribution in [2.45, 2.75) is 19.3 Å². The molecule has 1 saturated heterocycles. The number of aryl methyl sites for hydroxylation is 1. The van der Waals surface area contributed by atoms with Crippen molar-refractivity contribution in [3.05, 3.63) is 5.01 Å². The van der Waals surface area contributed by atoms with Gasteiger partial charge in [-0.2, -0.15) is 0 Å². The highest BCUT2D eigenvalue weighted by molar-refractivity contribution is 7.15. The lowest BCUT2D eigenvalue weighted by molar-refractivity contribution is 0.184. The van der Waals surface area contributed by atoms with Crippen molar-refractivity contribution in [2.75, 3.05) is 18.9 Å². The number of hydrogen-bond acceptors (Lipinski definition) is 5. The standard InChI is InChI=1S/C8H13N3OS/c9-8-11-10-7(13-8)2-1-6-3-4-12-5-6/h6H,1-5H2,(H2,9,11). The van der Waals surface area contributed by atoms with Crippen molar-refractivity contribution in [3.63, 3.8) is 0 Å². The maximum absolute atomic E-state index is 5.48. The lowest BCUT2D eigenvalue weighted by Gasteiger charge is -2.03. The molecular weight excluding hydrogens is 186 g/mol. The third kappa shape index (κ3) is 2.38. The summed E-state index contributed by atoms with van der Waals surface area (Å²) in [5.41, 5.74) is 5.48. The molecule has 1 aromatic rings. The number of nitrogens with two attached hydrogens (primary N) is 1. The van der Waals surface area contributed by atoms with Crippen molar-refractivity contribution in [2.24, 2.45) is 5.92 Å². The predicted octanol–water partition coefficient (Wildman–Crippen LogP) is 1.09. The highest BCUT2D eigenvalue weighted by Gasteiger charge is 2.15. The Kier molecular flexibility index (Phi) is 2.75. The normalized spacial score (nSPS) is 22.3. The summed E-state index contributed by atoms with van der Waals surface area (Å²) in [6.07, 6.45) is 3.33. The minimum atomic E-state index is 0.567. The van der Waals surface area contributed by atoms with Gasteiger partial charge in [-0.15, -0.1) is 10.2 Å². The van der Waals surface area contributed by atoms with Gasteiger partial charge in [0, 0.05) is 19.6 Å². The summed E-state index contributed by atoms with van der Waals surface area (Å²) < 4.78 is 5.29. The second-order valence-corrected chi connectivity index (χ2v) is 4.40. The number of rotatable bonds is 3. The first-order chi connectivity index (χ1) is 6.34. The van der Waals surface area contributed by atoms with E-state index in [0.717, 1.165) is 31.1 Å². The Balaban J connectivity index is 1.78. The number of aromatic nitrogens is 2. The first kappa shape index (κ1) is 8.90. The van der Waals surface area contributed by atoms with Gasteiger partial charge in [-0.3, -0.25) is 0 Å². The van der Waals surface area contributed by atoms with Crippen LogP contribution in [0.5, 0.6) is 0 Å². The Bertz CT molecular complexity index is 270. The molecule has 0 amide bonds. The molecule has 13 heavy (non-hydrogen) atoms. The van der Waals surface area contributed by atoms with Crippen molar-refractivity contribution in [1.82, 2.24) is 10.2 Å². The smallest absolute Gasteiger partial charge is 0.203 e. The van der Waals surface area contributed by atoms with Crippen LogP contribution in [0, 0.1) is 5.92 Å². The second kappa shape index (κ2) is 4.02. The molecule has 1 aliphatic heterocycles. The lowest BCUT2D eigenvalue weighted by atomic mass is 10.0. The number of hydrogen-bond donors (Lipinski definition) is 1. The zero-order chi connectivity index (χ0) is 9.10. The average Bonchev–Trinajstić information content (AvgIpc) is 2.71. The van der Waals surface area contributed by atoms with Crippen LogP contribution in [0.1, 0.15) is 17.8 Å². The molecule has 0 radical (unpaired) electrons. The largest absolute Gasteiger partial charge is 0.381 e. The molecule has 72 valence electrons. The van der Waals surface area contributed by atoms with Crippen LogP contribution in [-0.2, 0) is 11.2 Å². The van der Waals surface area contributed by atoms with Gasteiger partial charge >= 0.3 is 0 Å². The first-order valence-corrected chi connectivity index (χ1v) is 5.32. The summed E-state index contributed by atoms with van der Waals surface area (Å²) in [5, 5.41) is 9.37. The fourth-order valence-corrected chi connectivity index (χ4v) is 2.13. The summed E-state index contributed by atoms with van der Waals surface area (Å²) in [5.74, 6) is 0.713. The molecule has 2 heterocycles. The maximum atomic E-state index is 5.48. The topological polar surface area (TPSA) is 61.0 Å². The van der Waals surface area contributed by atoms with Gasteiger partial charge in [0.25, 0.3) is 0 Å². The van der Waals surface area contributed by atoms with Crippen LogP contribution in [0.25, 0.3) is 0 Å². The van der Waals surface area contributed by atoms with E-state index in [0.29, 0.717) is 11.0 Å². The molecule has 0 bridgehead atoms. The molecule has 1 aromatic heterocycles. The van der Waals surface area contributed by atoms with Crippen LogP contribution in [0.2, 0.25) is 0 Å². The Morgan fingerprint density at radius 3 is 3.08 bits per heavy atom. The Hall–Kier alpha value is -0.680. The van der Waals surface area contributed by atoms with Gasteiger partial charge in [-0.05, 0) is 18.8 Å². The van der Waals surface area contributed by atoms with E-state index in [4.69, 9.17) is 10.5 Å². The second-order valence-electron chi connectivity index (χ2n) is 3.30. The van der Waals surface area contributed by atoms with Crippen LogP contribution < -0.4 is 5.73 Å². The molecule has 1 aliphatic rings. The molecule has 1 unspecified atom stereocenters. The molecule has 0 spiro atoms. The van der Waals surface area contributed by atoms with Crippen LogP contribution in [0.15, 0.2) is 0 Å². The van der Waals surface area contributed by atoms with E-state index in [2.05, 4.69) is 10.2 Å². The van der Waals surface area contributed by atoms with Crippen LogP contribution in [-0.4, -0.2) is 23.4 Å². The van der Waals surface area contributed by atoms with E-state index in [9.17, 15) is 0 Å². The van der Waals surface area contributed by atoms with Gasteiger partial charge in [0.15, 0.2) is 0 Å². The lowest BCUT2D eigenvalue weighted by Crippen LogP contribution is -2.00. The van der Waals surface area contributed by atoms with Crippen LogP contribution >= 0.6 is 11.3 Å². The molecular formula is C8H13N3OS. The van der Waals surface area contributed by atoms with E-state index < -0.39 is 0 Å². The van der Waals surface area contributed by atoms with Crippen molar-refractivity contribution in [1.29, 1.82) is 0 Å². The average molecular weight is 199 g/mol. The predicted molar refractivity (Wildman–Crippen MR) is 51.6 cm³/mol. The molecule has 0 aliphatic carbocycles.